The first-order chi connectivity index (χ1) is 17.5. The quantitative estimate of drug-likeness (QED) is 0.504. The standard InChI is InChI=1S/C27H36N6O4/c1-17(33(6)26(35)37-27(2,3)4)22(34)14-19-12-18(13-19)8-9-20-15-30-25(28-5)32-24(20)31-21-10-11-23(36-7)29-16-21/h10-11,15-19H,12-14H2,1-7H3,(H2,28,30,31,32)/t17-,18?,19?/m0/s1. The lowest BCUT2D eigenvalue weighted by atomic mass is 9.72. The van der Waals surface area contributed by atoms with Crippen LogP contribution in [0.15, 0.2) is 24.5 Å². The highest BCUT2D eigenvalue weighted by Gasteiger charge is 2.33. The molecule has 0 unspecified atom stereocenters. The fourth-order valence-electron chi connectivity index (χ4n) is 3.76. The van der Waals surface area contributed by atoms with Crippen LogP contribution in [-0.2, 0) is 9.53 Å². The van der Waals surface area contributed by atoms with Crippen molar-refractivity contribution in [3.8, 4) is 17.7 Å². The van der Waals surface area contributed by atoms with Crippen molar-refractivity contribution in [2.45, 2.75) is 58.6 Å². The number of nitrogens with zero attached hydrogens (tertiary/aromatic N) is 4. The largest absolute Gasteiger partial charge is 0.481 e. The smallest absolute Gasteiger partial charge is 0.410 e. The summed E-state index contributed by atoms with van der Waals surface area (Å²) < 4.78 is 10.5. The van der Waals surface area contributed by atoms with Crippen LogP contribution in [0.25, 0.3) is 0 Å². The summed E-state index contributed by atoms with van der Waals surface area (Å²) in [7, 11) is 4.92. The zero-order valence-corrected chi connectivity index (χ0v) is 22.6. The molecule has 2 aromatic heterocycles. The van der Waals surface area contributed by atoms with Gasteiger partial charge in [-0.1, -0.05) is 11.8 Å². The molecule has 2 aromatic rings. The molecule has 0 bridgehead atoms. The van der Waals surface area contributed by atoms with Gasteiger partial charge in [0.25, 0.3) is 0 Å². The molecular formula is C27H36N6O4. The molecule has 1 aliphatic rings. The number of likely N-dealkylation sites (N-methyl/N-ethyl adjacent to an activating group) is 1. The van der Waals surface area contributed by atoms with Crippen LogP contribution in [-0.4, -0.2) is 64.6 Å². The minimum absolute atomic E-state index is 0.0282. The molecule has 198 valence electrons. The number of aromatic nitrogens is 3. The summed E-state index contributed by atoms with van der Waals surface area (Å²) in [6.45, 7) is 7.15. The second kappa shape index (κ2) is 11.9. The van der Waals surface area contributed by atoms with Gasteiger partial charge in [-0.2, -0.15) is 4.98 Å². The van der Waals surface area contributed by atoms with Crippen molar-refractivity contribution in [2.75, 3.05) is 31.8 Å². The van der Waals surface area contributed by atoms with Gasteiger partial charge < -0.3 is 25.0 Å². The molecule has 0 spiro atoms. The maximum atomic E-state index is 12.7. The van der Waals surface area contributed by atoms with E-state index in [1.807, 2.05) is 6.07 Å². The normalized spacial score (nSPS) is 17.4. The van der Waals surface area contributed by atoms with Gasteiger partial charge in [-0.3, -0.25) is 4.79 Å². The molecule has 1 fully saturated rings. The number of pyridine rings is 1. The Morgan fingerprint density at radius 2 is 1.95 bits per heavy atom. The van der Waals surface area contributed by atoms with Crippen molar-refractivity contribution >= 4 is 29.3 Å². The number of hydrogen-bond acceptors (Lipinski definition) is 9. The fraction of sp³-hybridized carbons (Fsp3) is 0.519. The predicted octanol–water partition coefficient (Wildman–Crippen LogP) is 4.26. The van der Waals surface area contributed by atoms with Gasteiger partial charge in [-0.25, -0.2) is 14.8 Å². The van der Waals surface area contributed by atoms with Gasteiger partial charge >= 0.3 is 6.09 Å². The number of methoxy groups -OCH3 is 1. The molecule has 2 N–H and O–H groups in total. The second-order valence-electron chi connectivity index (χ2n) is 10.2. The molecule has 10 heteroatoms. The van der Waals surface area contributed by atoms with Crippen molar-refractivity contribution in [1.82, 2.24) is 19.9 Å². The predicted molar refractivity (Wildman–Crippen MR) is 142 cm³/mol. The van der Waals surface area contributed by atoms with E-state index in [1.54, 1.807) is 67.4 Å². The summed E-state index contributed by atoms with van der Waals surface area (Å²) in [5.74, 6) is 8.54. The molecule has 0 aromatic carbocycles. The van der Waals surface area contributed by atoms with E-state index >= 15 is 0 Å². The Bertz CT molecular complexity index is 1160. The molecule has 3 rings (SSSR count). The van der Waals surface area contributed by atoms with Gasteiger partial charge in [0.15, 0.2) is 11.6 Å². The van der Waals surface area contributed by atoms with Crippen molar-refractivity contribution in [3.63, 3.8) is 0 Å². The number of Topliss-reactive ketones (excluding diaryl/α,β-unsaturated/α-hetero) is 1. The van der Waals surface area contributed by atoms with E-state index in [0.717, 1.165) is 18.5 Å². The molecule has 10 nitrogen and oxygen atoms in total. The number of carbonyl (C=O) groups excluding carboxylic acids is 2. The van der Waals surface area contributed by atoms with E-state index in [0.29, 0.717) is 29.6 Å². The Morgan fingerprint density at radius 1 is 1.22 bits per heavy atom. The Balaban J connectivity index is 1.57. The maximum Gasteiger partial charge on any atom is 0.410 e. The summed E-state index contributed by atoms with van der Waals surface area (Å²) in [5.41, 5.74) is 0.812. The van der Waals surface area contributed by atoms with Crippen molar-refractivity contribution < 1.29 is 19.1 Å². The summed E-state index contributed by atoms with van der Waals surface area (Å²) in [6, 6.07) is 3.07. The first-order valence-electron chi connectivity index (χ1n) is 12.3. The third kappa shape index (κ3) is 7.81. The highest BCUT2D eigenvalue weighted by atomic mass is 16.6. The van der Waals surface area contributed by atoms with Crippen LogP contribution in [0, 0.1) is 23.7 Å². The van der Waals surface area contributed by atoms with E-state index in [9.17, 15) is 9.59 Å². The third-order valence-electron chi connectivity index (χ3n) is 6.09. The minimum Gasteiger partial charge on any atom is -0.481 e. The fourth-order valence-corrected chi connectivity index (χ4v) is 3.76. The third-order valence-corrected chi connectivity index (χ3v) is 6.09. The van der Waals surface area contributed by atoms with E-state index in [2.05, 4.69) is 37.4 Å². The van der Waals surface area contributed by atoms with Crippen LogP contribution in [0.1, 0.15) is 52.5 Å². The molecular weight excluding hydrogens is 472 g/mol. The Labute approximate surface area is 218 Å². The summed E-state index contributed by atoms with van der Waals surface area (Å²) in [6.07, 6.45) is 4.94. The lowest BCUT2D eigenvalue weighted by molar-refractivity contribution is -0.125. The summed E-state index contributed by atoms with van der Waals surface area (Å²) in [5, 5.41) is 6.17. The van der Waals surface area contributed by atoms with Gasteiger partial charge in [-0.15, -0.1) is 0 Å². The number of anilines is 3. The average molecular weight is 509 g/mol. The topological polar surface area (TPSA) is 119 Å². The Morgan fingerprint density at radius 3 is 2.54 bits per heavy atom. The minimum atomic E-state index is -0.604. The Kier molecular flexibility index (Phi) is 8.92. The first kappa shape index (κ1) is 27.7. The molecule has 1 amide bonds. The highest BCUT2D eigenvalue weighted by Crippen LogP contribution is 2.36. The van der Waals surface area contributed by atoms with Crippen LogP contribution in [0.2, 0.25) is 0 Å². The molecule has 2 heterocycles. The van der Waals surface area contributed by atoms with Crippen LogP contribution in [0.3, 0.4) is 0 Å². The molecule has 1 atom stereocenters. The maximum absolute atomic E-state index is 12.7. The van der Waals surface area contributed by atoms with E-state index in [1.165, 1.54) is 4.90 Å². The number of carbonyl (C=O) groups is 2. The van der Waals surface area contributed by atoms with E-state index in [-0.39, 0.29) is 17.6 Å². The molecule has 0 saturated heterocycles. The number of amides is 1. The Hall–Kier alpha value is -3.87. The molecule has 1 saturated carbocycles. The second-order valence-corrected chi connectivity index (χ2v) is 10.2. The summed E-state index contributed by atoms with van der Waals surface area (Å²) in [4.78, 5) is 39.4. The number of rotatable bonds is 8. The van der Waals surface area contributed by atoms with Gasteiger partial charge in [0, 0.05) is 32.5 Å². The molecule has 1 aliphatic carbocycles. The van der Waals surface area contributed by atoms with Gasteiger partial charge in [0.1, 0.15) is 5.60 Å². The van der Waals surface area contributed by atoms with Crippen LogP contribution >= 0.6 is 0 Å². The SMILES string of the molecule is CNc1ncc(C#CC2CC(CC(=O)[C@H](C)N(C)C(=O)OC(C)(C)C)C2)c(Nc2ccc(OC)nc2)n1. The zero-order valence-electron chi connectivity index (χ0n) is 22.6. The molecule has 37 heavy (non-hydrogen) atoms. The van der Waals surface area contributed by atoms with Crippen LogP contribution in [0.5, 0.6) is 5.88 Å². The average Bonchev–Trinajstić information content (AvgIpc) is 2.84. The van der Waals surface area contributed by atoms with Gasteiger partial charge in [0.05, 0.1) is 36.8 Å². The van der Waals surface area contributed by atoms with E-state index in [4.69, 9.17) is 9.47 Å². The van der Waals surface area contributed by atoms with Crippen molar-refractivity contribution in [2.24, 2.45) is 11.8 Å². The van der Waals surface area contributed by atoms with Crippen LogP contribution < -0.4 is 15.4 Å². The van der Waals surface area contributed by atoms with Gasteiger partial charge in [0.2, 0.25) is 11.8 Å². The van der Waals surface area contributed by atoms with Crippen molar-refractivity contribution in [3.05, 3.63) is 30.1 Å². The number of ketones is 1. The lowest BCUT2D eigenvalue weighted by Crippen LogP contribution is -2.44. The van der Waals surface area contributed by atoms with Crippen LogP contribution in [0.4, 0.5) is 22.2 Å². The number of hydrogen-bond donors (Lipinski definition) is 2. The van der Waals surface area contributed by atoms with Gasteiger partial charge in [-0.05, 0) is 52.5 Å². The summed E-state index contributed by atoms with van der Waals surface area (Å²) >= 11 is 0. The van der Waals surface area contributed by atoms with E-state index < -0.39 is 17.7 Å². The highest BCUT2D eigenvalue weighted by molar-refractivity contribution is 5.87. The number of ether oxygens (including phenoxy) is 2. The molecule has 0 aliphatic heterocycles. The monoisotopic (exact) mass is 508 g/mol. The zero-order chi connectivity index (χ0) is 27.2. The first-order valence-corrected chi connectivity index (χ1v) is 12.3. The number of nitrogens with one attached hydrogen (secondary N) is 2. The van der Waals surface area contributed by atoms with Crippen molar-refractivity contribution in [1.29, 1.82) is 0 Å². The molecule has 0 radical (unpaired) electrons. The lowest BCUT2D eigenvalue weighted by Gasteiger charge is -2.33.